The molecule has 100 valence electrons. The third-order valence-electron chi connectivity index (χ3n) is 3.35. The number of rotatable bonds is 7. The Morgan fingerprint density at radius 1 is 1.53 bits per heavy atom. The van der Waals surface area contributed by atoms with Crippen LogP contribution in [-0.4, -0.2) is 40.8 Å². The Bertz CT molecular complexity index is 244. The highest BCUT2D eigenvalue weighted by atomic mass is 32.2. The minimum Gasteiger partial charge on any atom is -0.480 e. The van der Waals surface area contributed by atoms with Crippen LogP contribution in [0.1, 0.15) is 39.0 Å². The van der Waals surface area contributed by atoms with E-state index in [1.54, 1.807) is 0 Å². The smallest absolute Gasteiger partial charge is 0.323 e. The molecule has 1 saturated heterocycles. The number of nitrogens with two attached hydrogens (primary N) is 1. The maximum Gasteiger partial charge on any atom is 0.323 e. The second-order valence-electron chi connectivity index (χ2n) is 4.60. The van der Waals surface area contributed by atoms with Gasteiger partial charge in [0.15, 0.2) is 0 Å². The fourth-order valence-corrected chi connectivity index (χ4v) is 3.09. The van der Waals surface area contributed by atoms with Crippen molar-refractivity contribution in [3.8, 4) is 0 Å². The lowest BCUT2D eigenvalue weighted by Gasteiger charge is -2.24. The van der Waals surface area contributed by atoms with E-state index in [9.17, 15) is 4.79 Å². The van der Waals surface area contributed by atoms with Gasteiger partial charge in [-0.15, -0.1) is 0 Å². The molecule has 0 spiro atoms. The molecule has 1 fully saturated rings. The van der Waals surface area contributed by atoms with Gasteiger partial charge in [0.25, 0.3) is 0 Å². The summed E-state index contributed by atoms with van der Waals surface area (Å²) in [6.45, 7) is 3.56. The second kappa shape index (κ2) is 7.24. The number of hydrogen-bond acceptors (Lipinski definition) is 4. The van der Waals surface area contributed by atoms with Gasteiger partial charge in [0.1, 0.15) is 5.54 Å². The topological polar surface area (TPSA) is 72.5 Å². The van der Waals surface area contributed by atoms with Gasteiger partial charge in [-0.1, -0.05) is 6.92 Å². The molecule has 5 heteroatoms. The van der Waals surface area contributed by atoms with Crippen molar-refractivity contribution in [2.24, 2.45) is 5.73 Å². The predicted molar refractivity (Wildman–Crippen MR) is 70.4 cm³/mol. The molecule has 1 heterocycles. The molecule has 1 aliphatic rings. The second-order valence-corrected chi connectivity index (χ2v) is 6.01. The molecule has 0 aromatic heterocycles. The highest BCUT2D eigenvalue weighted by molar-refractivity contribution is 7.99. The van der Waals surface area contributed by atoms with E-state index >= 15 is 0 Å². The number of thioether (sulfide) groups is 1. The number of hydrogen-bond donors (Lipinski definition) is 2. The molecule has 0 amide bonds. The molecule has 3 N–H and O–H groups in total. The summed E-state index contributed by atoms with van der Waals surface area (Å²) in [5.74, 6) is 0.118. The highest BCUT2D eigenvalue weighted by Gasteiger charge is 2.31. The lowest BCUT2D eigenvalue weighted by Crippen LogP contribution is -2.47. The first kappa shape index (κ1) is 14.8. The molecule has 17 heavy (non-hydrogen) atoms. The maximum absolute atomic E-state index is 11.0. The molecule has 4 nitrogen and oxygen atoms in total. The van der Waals surface area contributed by atoms with Crippen LogP contribution in [-0.2, 0) is 9.53 Å². The van der Waals surface area contributed by atoms with Crippen molar-refractivity contribution < 1.29 is 14.6 Å². The zero-order chi connectivity index (χ0) is 12.7. The van der Waals surface area contributed by atoms with Gasteiger partial charge in [0.2, 0.25) is 0 Å². The van der Waals surface area contributed by atoms with Crippen molar-refractivity contribution in [1.82, 2.24) is 0 Å². The van der Waals surface area contributed by atoms with Crippen molar-refractivity contribution in [3.63, 3.8) is 0 Å². The molecule has 1 aliphatic heterocycles. The zero-order valence-electron chi connectivity index (χ0n) is 10.5. The largest absolute Gasteiger partial charge is 0.480 e. The number of carboxylic acid groups (broad SMARTS) is 1. The van der Waals surface area contributed by atoms with Crippen LogP contribution >= 0.6 is 11.8 Å². The van der Waals surface area contributed by atoms with E-state index < -0.39 is 11.5 Å². The fraction of sp³-hybridized carbons (Fsp3) is 0.917. The Labute approximate surface area is 107 Å². The van der Waals surface area contributed by atoms with Crippen molar-refractivity contribution in [2.45, 2.75) is 49.8 Å². The summed E-state index contributed by atoms with van der Waals surface area (Å²) in [4.78, 5) is 11.0. The molecule has 0 saturated carbocycles. The summed E-state index contributed by atoms with van der Waals surface area (Å²) in [6.07, 6.45) is 4.16. The van der Waals surface area contributed by atoms with Crippen molar-refractivity contribution in [2.75, 3.05) is 19.0 Å². The lowest BCUT2D eigenvalue weighted by atomic mass is 9.92. The van der Waals surface area contributed by atoms with Crippen molar-refractivity contribution >= 4 is 17.7 Å². The van der Waals surface area contributed by atoms with Crippen LogP contribution in [0.4, 0.5) is 0 Å². The summed E-state index contributed by atoms with van der Waals surface area (Å²) in [5, 5.41) is 9.71. The Morgan fingerprint density at radius 2 is 2.18 bits per heavy atom. The first-order chi connectivity index (χ1) is 8.08. The van der Waals surface area contributed by atoms with Gasteiger partial charge in [-0.2, -0.15) is 11.8 Å². The first-order valence-electron chi connectivity index (χ1n) is 6.30. The summed E-state index contributed by atoms with van der Waals surface area (Å²) in [6, 6.07) is 0. The Balaban J connectivity index is 2.16. The number of ether oxygens (including phenoxy) is 1. The lowest BCUT2D eigenvalue weighted by molar-refractivity contribution is -0.143. The van der Waals surface area contributed by atoms with E-state index in [-0.39, 0.29) is 0 Å². The number of carboxylic acids is 1. The van der Waals surface area contributed by atoms with Crippen LogP contribution in [0.2, 0.25) is 0 Å². The predicted octanol–water partition coefficient (Wildman–Crippen LogP) is 1.87. The molecule has 0 aliphatic carbocycles. The third kappa shape index (κ3) is 4.85. The van der Waals surface area contributed by atoms with Gasteiger partial charge in [-0.05, 0) is 37.9 Å². The van der Waals surface area contributed by atoms with Crippen LogP contribution in [0.25, 0.3) is 0 Å². The first-order valence-corrected chi connectivity index (χ1v) is 7.35. The molecule has 0 aromatic rings. The van der Waals surface area contributed by atoms with Crippen molar-refractivity contribution in [1.29, 1.82) is 0 Å². The van der Waals surface area contributed by atoms with Gasteiger partial charge in [-0.3, -0.25) is 4.79 Å². The summed E-state index contributed by atoms with van der Waals surface area (Å²) in [5.41, 5.74) is 4.80. The molecule has 1 unspecified atom stereocenters. The molecule has 0 radical (unpaired) electrons. The average molecular weight is 261 g/mol. The minimum atomic E-state index is -1.03. The van der Waals surface area contributed by atoms with Crippen LogP contribution < -0.4 is 5.73 Å². The van der Waals surface area contributed by atoms with Gasteiger partial charge < -0.3 is 15.6 Å². The van der Waals surface area contributed by atoms with Gasteiger partial charge in [-0.25, -0.2) is 0 Å². The normalized spacial score (nSPS) is 21.1. The zero-order valence-corrected chi connectivity index (χ0v) is 11.3. The van der Waals surface area contributed by atoms with Crippen LogP contribution in [0.15, 0.2) is 0 Å². The van der Waals surface area contributed by atoms with Gasteiger partial charge in [0.05, 0.1) is 0 Å². The summed E-state index contributed by atoms with van der Waals surface area (Å²) >= 11 is 1.93. The monoisotopic (exact) mass is 261 g/mol. The van der Waals surface area contributed by atoms with Crippen LogP contribution in [0, 0.1) is 0 Å². The molecular formula is C12H23NO3S. The van der Waals surface area contributed by atoms with E-state index in [0.717, 1.165) is 38.2 Å². The Hall–Kier alpha value is -0.260. The molecular weight excluding hydrogens is 238 g/mol. The SMILES string of the molecule is CCC(N)(CCCSC1CCOCC1)C(=O)O. The quantitative estimate of drug-likeness (QED) is 0.684. The molecule has 1 rings (SSSR count). The average Bonchev–Trinajstić information content (AvgIpc) is 2.35. The fourth-order valence-electron chi connectivity index (χ4n) is 1.92. The minimum absolute atomic E-state index is 0.490. The highest BCUT2D eigenvalue weighted by Crippen LogP contribution is 2.24. The molecule has 0 bridgehead atoms. The Kier molecular flexibility index (Phi) is 6.30. The van der Waals surface area contributed by atoms with Gasteiger partial charge >= 0.3 is 5.97 Å². The number of aliphatic carboxylic acids is 1. The van der Waals surface area contributed by atoms with Crippen LogP contribution in [0.3, 0.4) is 0 Å². The van der Waals surface area contributed by atoms with Gasteiger partial charge in [0, 0.05) is 18.5 Å². The van der Waals surface area contributed by atoms with E-state index in [2.05, 4.69) is 0 Å². The van der Waals surface area contributed by atoms with E-state index in [1.807, 2.05) is 18.7 Å². The standard InChI is InChI=1S/C12H23NO3S/c1-2-12(13,11(14)15)6-3-9-17-10-4-7-16-8-5-10/h10H,2-9,13H2,1H3,(H,14,15). The summed E-state index contributed by atoms with van der Waals surface area (Å²) < 4.78 is 5.30. The van der Waals surface area contributed by atoms with E-state index in [4.69, 9.17) is 15.6 Å². The Morgan fingerprint density at radius 3 is 2.71 bits per heavy atom. The van der Waals surface area contributed by atoms with E-state index in [0.29, 0.717) is 18.1 Å². The maximum atomic E-state index is 11.0. The third-order valence-corrected chi connectivity index (χ3v) is 4.81. The summed E-state index contributed by atoms with van der Waals surface area (Å²) in [7, 11) is 0. The van der Waals surface area contributed by atoms with Crippen LogP contribution in [0.5, 0.6) is 0 Å². The molecule has 1 atom stereocenters. The number of carbonyl (C=O) groups is 1. The van der Waals surface area contributed by atoms with E-state index in [1.165, 1.54) is 0 Å². The molecule has 0 aromatic carbocycles. The van der Waals surface area contributed by atoms with Crippen molar-refractivity contribution in [3.05, 3.63) is 0 Å².